The molecule has 2 heterocycles. The summed E-state index contributed by atoms with van der Waals surface area (Å²) in [6.07, 6.45) is -1.20. The average molecular weight is 263 g/mol. The van der Waals surface area contributed by atoms with E-state index in [2.05, 4.69) is 10.1 Å². The summed E-state index contributed by atoms with van der Waals surface area (Å²) in [5.41, 5.74) is 0.125. The minimum atomic E-state index is -4.40. The smallest absolute Gasteiger partial charge is 0.237 e. The molecule has 0 fully saturated rings. The Kier molecular flexibility index (Phi) is 2.51. The van der Waals surface area contributed by atoms with Gasteiger partial charge in [-0.3, -0.25) is 0 Å². The Hall–Kier alpha value is -2.37. The van der Waals surface area contributed by atoms with Gasteiger partial charge in [0.05, 0.1) is 11.3 Å². The highest BCUT2D eigenvalue weighted by molar-refractivity contribution is 5.68. The molecule has 0 aliphatic heterocycles. The molecule has 2 aromatic heterocycles. The Morgan fingerprint density at radius 3 is 2.58 bits per heavy atom. The van der Waals surface area contributed by atoms with E-state index in [1.165, 1.54) is 22.7 Å². The van der Waals surface area contributed by atoms with Crippen molar-refractivity contribution >= 4 is 5.65 Å². The lowest BCUT2D eigenvalue weighted by atomic mass is 10.0. The Morgan fingerprint density at radius 2 is 1.84 bits per heavy atom. The number of halogens is 3. The molecule has 0 aliphatic carbocycles. The summed E-state index contributed by atoms with van der Waals surface area (Å²) < 4.78 is 40.3. The zero-order chi connectivity index (χ0) is 13.5. The van der Waals surface area contributed by atoms with E-state index in [9.17, 15) is 13.2 Å². The highest BCUT2D eigenvalue weighted by Crippen LogP contribution is 2.36. The standard InChI is InChI=1S/C13H8F3N3/c14-13(15,16)10-5-2-1-4-9(10)11-8-12-17-6-3-7-19(12)18-11/h1-8H. The van der Waals surface area contributed by atoms with Gasteiger partial charge < -0.3 is 0 Å². The van der Waals surface area contributed by atoms with E-state index in [1.54, 1.807) is 24.5 Å². The molecule has 0 spiro atoms. The number of alkyl halides is 3. The third-order valence-corrected chi connectivity index (χ3v) is 2.74. The van der Waals surface area contributed by atoms with Gasteiger partial charge >= 0.3 is 6.18 Å². The van der Waals surface area contributed by atoms with Gasteiger partial charge in [0.25, 0.3) is 0 Å². The molecule has 1 aromatic carbocycles. The fraction of sp³-hybridized carbons (Fsp3) is 0.0769. The predicted octanol–water partition coefficient (Wildman–Crippen LogP) is 3.42. The van der Waals surface area contributed by atoms with Crippen molar-refractivity contribution in [1.82, 2.24) is 14.6 Å². The van der Waals surface area contributed by atoms with Crippen molar-refractivity contribution in [3.05, 3.63) is 54.4 Å². The van der Waals surface area contributed by atoms with Crippen LogP contribution in [0.5, 0.6) is 0 Å². The third-order valence-electron chi connectivity index (χ3n) is 2.74. The summed E-state index contributed by atoms with van der Waals surface area (Å²) in [7, 11) is 0. The van der Waals surface area contributed by atoms with Crippen LogP contribution in [-0.2, 0) is 6.18 Å². The Balaban J connectivity index is 2.22. The van der Waals surface area contributed by atoms with Gasteiger partial charge in [0.2, 0.25) is 0 Å². The summed E-state index contributed by atoms with van der Waals surface area (Å²) in [6.45, 7) is 0. The van der Waals surface area contributed by atoms with E-state index >= 15 is 0 Å². The van der Waals surface area contributed by atoms with E-state index in [4.69, 9.17) is 0 Å². The van der Waals surface area contributed by atoms with Crippen LogP contribution in [0.25, 0.3) is 16.9 Å². The van der Waals surface area contributed by atoms with Gasteiger partial charge in [-0.25, -0.2) is 9.50 Å². The summed E-state index contributed by atoms with van der Waals surface area (Å²) >= 11 is 0. The number of rotatable bonds is 1. The van der Waals surface area contributed by atoms with Crippen LogP contribution >= 0.6 is 0 Å². The number of hydrogen-bond acceptors (Lipinski definition) is 2. The maximum Gasteiger partial charge on any atom is 0.417 e. The van der Waals surface area contributed by atoms with E-state index in [0.29, 0.717) is 5.65 Å². The second-order valence-corrected chi connectivity index (χ2v) is 4.00. The molecule has 0 unspecified atom stereocenters. The van der Waals surface area contributed by atoms with Crippen molar-refractivity contribution in [3.8, 4) is 11.3 Å². The van der Waals surface area contributed by atoms with Gasteiger partial charge in [-0.2, -0.15) is 18.3 Å². The van der Waals surface area contributed by atoms with Crippen LogP contribution in [0.15, 0.2) is 48.8 Å². The molecule has 3 aromatic rings. The third kappa shape index (κ3) is 2.05. The number of benzene rings is 1. The number of nitrogens with zero attached hydrogens (tertiary/aromatic N) is 3. The lowest BCUT2D eigenvalue weighted by Crippen LogP contribution is -2.07. The van der Waals surface area contributed by atoms with E-state index in [0.717, 1.165) is 6.07 Å². The zero-order valence-electron chi connectivity index (χ0n) is 9.59. The molecule has 3 rings (SSSR count). The molecule has 96 valence electrons. The van der Waals surface area contributed by atoms with Gasteiger partial charge in [0.1, 0.15) is 0 Å². The largest absolute Gasteiger partial charge is 0.417 e. The Bertz CT molecular complexity index is 698. The normalized spacial score (nSPS) is 11.9. The lowest BCUT2D eigenvalue weighted by Gasteiger charge is -2.10. The van der Waals surface area contributed by atoms with Crippen molar-refractivity contribution < 1.29 is 13.2 Å². The average Bonchev–Trinajstić information content (AvgIpc) is 2.81. The van der Waals surface area contributed by atoms with Crippen LogP contribution in [0.1, 0.15) is 5.56 Å². The SMILES string of the molecule is FC(F)(F)c1ccccc1-c1cc2ncccn2n1. The molecule has 6 heteroatoms. The number of hydrogen-bond donors (Lipinski definition) is 0. The second kappa shape index (κ2) is 4.08. The molecule has 0 saturated carbocycles. The molecular weight excluding hydrogens is 255 g/mol. The Morgan fingerprint density at radius 1 is 1.05 bits per heavy atom. The molecular formula is C13H8F3N3. The van der Waals surface area contributed by atoms with Crippen LogP contribution in [0.2, 0.25) is 0 Å². The minimum absolute atomic E-state index is 0.0560. The van der Waals surface area contributed by atoms with Gasteiger partial charge in [0.15, 0.2) is 5.65 Å². The molecule has 0 atom stereocenters. The molecule has 0 aliphatic rings. The van der Waals surface area contributed by atoms with Crippen LogP contribution in [-0.4, -0.2) is 14.6 Å². The van der Waals surface area contributed by atoms with Gasteiger partial charge in [0, 0.05) is 24.0 Å². The number of aromatic nitrogens is 3. The molecule has 0 N–H and O–H groups in total. The highest BCUT2D eigenvalue weighted by Gasteiger charge is 2.33. The lowest BCUT2D eigenvalue weighted by molar-refractivity contribution is -0.137. The molecule has 0 bridgehead atoms. The number of fused-ring (bicyclic) bond motifs is 1. The predicted molar refractivity (Wildman–Crippen MR) is 63.4 cm³/mol. The van der Waals surface area contributed by atoms with Crippen LogP contribution < -0.4 is 0 Å². The second-order valence-electron chi connectivity index (χ2n) is 4.00. The van der Waals surface area contributed by atoms with Crippen LogP contribution in [0.4, 0.5) is 13.2 Å². The fourth-order valence-corrected chi connectivity index (χ4v) is 1.92. The zero-order valence-corrected chi connectivity index (χ0v) is 9.59. The highest BCUT2D eigenvalue weighted by atomic mass is 19.4. The van der Waals surface area contributed by atoms with E-state index in [-0.39, 0.29) is 11.3 Å². The summed E-state index contributed by atoms with van der Waals surface area (Å²) in [4.78, 5) is 4.04. The van der Waals surface area contributed by atoms with Crippen LogP contribution in [0.3, 0.4) is 0 Å². The minimum Gasteiger partial charge on any atom is -0.237 e. The van der Waals surface area contributed by atoms with Crippen LogP contribution in [0, 0.1) is 0 Å². The first-order valence-electron chi connectivity index (χ1n) is 5.53. The fourth-order valence-electron chi connectivity index (χ4n) is 1.92. The Labute approximate surface area is 106 Å². The topological polar surface area (TPSA) is 30.2 Å². The van der Waals surface area contributed by atoms with Crippen molar-refractivity contribution in [2.24, 2.45) is 0 Å². The first kappa shape index (κ1) is 11.7. The summed E-state index contributed by atoms with van der Waals surface area (Å²) in [6, 6.07) is 8.57. The van der Waals surface area contributed by atoms with Gasteiger partial charge in [-0.1, -0.05) is 18.2 Å². The molecule has 0 saturated heterocycles. The summed E-state index contributed by atoms with van der Waals surface area (Å²) in [5, 5.41) is 4.11. The van der Waals surface area contributed by atoms with Gasteiger partial charge in [-0.05, 0) is 12.1 Å². The van der Waals surface area contributed by atoms with Crippen molar-refractivity contribution in [2.75, 3.05) is 0 Å². The summed E-state index contributed by atoms with van der Waals surface area (Å²) in [5.74, 6) is 0. The van der Waals surface area contributed by atoms with Crippen molar-refractivity contribution in [1.29, 1.82) is 0 Å². The molecule has 0 radical (unpaired) electrons. The van der Waals surface area contributed by atoms with Crippen molar-refractivity contribution in [2.45, 2.75) is 6.18 Å². The molecule has 19 heavy (non-hydrogen) atoms. The van der Waals surface area contributed by atoms with Crippen molar-refractivity contribution in [3.63, 3.8) is 0 Å². The monoisotopic (exact) mass is 263 g/mol. The van der Waals surface area contributed by atoms with E-state index < -0.39 is 11.7 Å². The quantitative estimate of drug-likeness (QED) is 0.673. The maximum absolute atomic E-state index is 12.9. The maximum atomic E-state index is 12.9. The molecule has 3 nitrogen and oxygen atoms in total. The first-order valence-corrected chi connectivity index (χ1v) is 5.53. The van der Waals surface area contributed by atoms with Gasteiger partial charge in [-0.15, -0.1) is 0 Å². The van der Waals surface area contributed by atoms with E-state index in [1.807, 2.05) is 0 Å². The molecule has 0 amide bonds. The first-order chi connectivity index (χ1) is 9.05.